The third-order valence-corrected chi connectivity index (χ3v) is 5.05. The summed E-state index contributed by atoms with van der Waals surface area (Å²) in [5.41, 5.74) is 4.33. The van der Waals surface area contributed by atoms with Crippen LogP contribution in [0.2, 0.25) is 0 Å². The van der Waals surface area contributed by atoms with Gasteiger partial charge in [0.1, 0.15) is 12.4 Å². The average molecular weight is 333 g/mol. The molecule has 0 aliphatic carbocycles. The van der Waals surface area contributed by atoms with Crippen molar-refractivity contribution in [2.45, 2.75) is 32.6 Å². The quantitative estimate of drug-likeness (QED) is 0.826. The number of ether oxygens (including phenoxy) is 1. The van der Waals surface area contributed by atoms with Gasteiger partial charge >= 0.3 is 0 Å². The van der Waals surface area contributed by atoms with Crippen molar-refractivity contribution in [3.63, 3.8) is 0 Å². The van der Waals surface area contributed by atoms with Crippen LogP contribution >= 0.6 is 0 Å². The normalized spacial score (nSPS) is 11.5. The maximum Gasteiger partial charge on any atom is 0.240 e. The third-order valence-electron chi connectivity index (χ3n) is 3.58. The molecule has 0 radical (unpaired) electrons. The van der Waals surface area contributed by atoms with E-state index in [1.807, 2.05) is 27.7 Å². The lowest BCUT2D eigenvalue weighted by Gasteiger charge is -2.13. The molecule has 2 rings (SSSR count). The summed E-state index contributed by atoms with van der Waals surface area (Å²) in [6, 6.07) is 10.9. The van der Waals surface area contributed by atoms with Gasteiger partial charge in [0.05, 0.1) is 4.90 Å². The second kappa shape index (κ2) is 7.15. The van der Waals surface area contributed by atoms with Crippen molar-refractivity contribution in [2.75, 3.05) is 13.2 Å². The van der Waals surface area contributed by atoms with Gasteiger partial charge < -0.3 is 4.74 Å². The second-order valence-electron chi connectivity index (χ2n) is 5.79. The first-order valence-corrected chi connectivity index (χ1v) is 9.05. The van der Waals surface area contributed by atoms with E-state index >= 15 is 0 Å². The molecule has 0 fully saturated rings. The minimum Gasteiger partial charge on any atom is -0.492 e. The zero-order chi connectivity index (χ0) is 17.0. The Kier molecular flexibility index (Phi) is 5.44. The molecule has 0 saturated carbocycles. The van der Waals surface area contributed by atoms with Gasteiger partial charge in [0.15, 0.2) is 0 Å². The molecule has 0 amide bonds. The molecule has 0 heterocycles. The van der Waals surface area contributed by atoms with Crippen LogP contribution in [0.15, 0.2) is 41.3 Å². The zero-order valence-corrected chi connectivity index (χ0v) is 14.8. The van der Waals surface area contributed by atoms with Crippen LogP contribution in [0.1, 0.15) is 22.3 Å². The molecule has 0 aliphatic heterocycles. The van der Waals surface area contributed by atoms with Crippen LogP contribution in [0.5, 0.6) is 5.75 Å². The summed E-state index contributed by atoms with van der Waals surface area (Å²) in [6.07, 6.45) is 0. The van der Waals surface area contributed by atoms with Crippen LogP contribution in [0.4, 0.5) is 0 Å². The van der Waals surface area contributed by atoms with Gasteiger partial charge in [-0.3, -0.25) is 0 Å². The van der Waals surface area contributed by atoms with Gasteiger partial charge in [-0.25, -0.2) is 13.1 Å². The summed E-state index contributed by atoms with van der Waals surface area (Å²) in [5.74, 6) is 0.824. The molecule has 0 unspecified atom stereocenters. The lowest BCUT2D eigenvalue weighted by molar-refractivity contribution is 0.318. The monoisotopic (exact) mass is 333 g/mol. The highest BCUT2D eigenvalue weighted by atomic mass is 32.2. The van der Waals surface area contributed by atoms with Gasteiger partial charge in [-0.1, -0.05) is 35.4 Å². The number of sulfonamides is 1. The molecule has 0 saturated heterocycles. The van der Waals surface area contributed by atoms with Crippen LogP contribution < -0.4 is 9.46 Å². The van der Waals surface area contributed by atoms with Gasteiger partial charge in [0, 0.05) is 6.54 Å². The highest BCUT2D eigenvalue weighted by Gasteiger charge is 2.13. The fraction of sp³-hybridized carbons (Fsp3) is 0.333. The van der Waals surface area contributed by atoms with Crippen molar-refractivity contribution in [3.8, 4) is 5.75 Å². The summed E-state index contributed by atoms with van der Waals surface area (Å²) in [5, 5.41) is 0. The van der Waals surface area contributed by atoms with Crippen LogP contribution in [0.25, 0.3) is 0 Å². The standard InChI is InChI=1S/C18H23NO3S/c1-13-5-7-17(8-6-13)23(20,21)19-9-10-22-18-15(3)11-14(2)12-16(18)4/h5-8,11-12,19H,9-10H2,1-4H3. The summed E-state index contributed by atoms with van der Waals surface area (Å²) in [7, 11) is -3.49. The lowest BCUT2D eigenvalue weighted by atomic mass is 10.1. The Morgan fingerprint density at radius 1 is 0.913 bits per heavy atom. The average Bonchev–Trinajstić information content (AvgIpc) is 2.45. The van der Waals surface area contributed by atoms with Crippen molar-refractivity contribution in [2.24, 2.45) is 0 Å². The molecule has 0 aliphatic rings. The molecule has 2 aromatic rings. The zero-order valence-electron chi connectivity index (χ0n) is 14.0. The number of rotatable bonds is 6. The van der Waals surface area contributed by atoms with Crippen molar-refractivity contribution in [3.05, 3.63) is 58.7 Å². The van der Waals surface area contributed by atoms with E-state index in [1.165, 1.54) is 5.56 Å². The van der Waals surface area contributed by atoms with E-state index in [0.29, 0.717) is 0 Å². The van der Waals surface area contributed by atoms with E-state index in [1.54, 1.807) is 24.3 Å². The van der Waals surface area contributed by atoms with E-state index < -0.39 is 10.0 Å². The van der Waals surface area contributed by atoms with Crippen molar-refractivity contribution in [1.82, 2.24) is 4.72 Å². The molecule has 2 aromatic carbocycles. The molecule has 124 valence electrons. The Morgan fingerprint density at radius 2 is 1.48 bits per heavy atom. The Labute approximate surface area is 138 Å². The summed E-state index contributed by atoms with van der Waals surface area (Å²) >= 11 is 0. The predicted octanol–water partition coefficient (Wildman–Crippen LogP) is 3.28. The van der Waals surface area contributed by atoms with Gasteiger partial charge in [0.2, 0.25) is 10.0 Å². The molecule has 0 aromatic heterocycles. The maximum atomic E-state index is 12.2. The van der Waals surface area contributed by atoms with Crippen LogP contribution in [0, 0.1) is 27.7 Å². The molecular weight excluding hydrogens is 310 g/mol. The molecule has 1 N–H and O–H groups in total. The number of aryl methyl sites for hydroxylation is 4. The molecule has 0 atom stereocenters. The maximum absolute atomic E-state index is 12.2. The smallest absolute Gasteiger partial charge is 0.240 e. The van der Waals surface area contributed by atoms with Crippen LogP contribution in [-0.4, -0.2) is 21.6 Å². The molecule has 5 heteroatoms. The van der Waals surface area contributed by atoms with Gasteiger partial charge in [-0.2, -0.15) is 0 Å². The van der Waals surface area contributed by atoms with Crippen molar-refractivity contribution < 1.29 is 13.2 Å². The first kappa shape index (κ1) is 17.5. The van der Waals surface area contributed by atoms with Crippen molar-refractivity contribution in [1.29, 1.82) is 0 Å². The number of nitrogens with one attached hydrogen (secondary N) is 1. The summed E-state index contributed by atoms with van der Waals surface area (Å²) < 4.78 is 32.6. The van der Waals surface area contributed by atoms with Crippen LogP contribution in [-0.2, 0) is 10.0 Å². The summed E-state index contributed by atoms with van der Waals surface area (Å²) in [6.45, 7) is 8.46. The highest BCUT2D eigenvalue weighted by molar-refractivity contribution is 7.89. The fourth-order valence-electron chi connectivity index (χ4n) is 2.52. The lowest BCUT2D eigenvalue weighted by Crippen LogP contribution is -2.28. The Morgan fingerprint density at radius 3 is 2.04 bits per heavy atom. The largest absolute Gasteiger partial charge is 0.492 e. The predicted molar refractivity (Wildman–Crippen MR) is 92.5 cm³/mol. The molecule has 4 nitrogen and oxygen atoms in total. The van der Waals surface area contributed by atoms with E-state index in [2.05, 4.69) is 16.9 Å². The minimum absolute atomic E-state index is 0.225. The van der Waals surface area contributed by atoms with Crippen LogP contribution in [0.3, 0.4) is 0 Å². The minimum atomic E-state index is -3.49. The van der Waals surface area contributed by atoms with Gasteiger partial charge in [0.25, 0.3) is 0 Å². The number of benzene rings is 2. The number of hydrogen-bond acceptors (Lipinski definition) is 3. The molecule has 23 heavy (non-hydrogen) atoms. The Balaban J connectivity index is 1.94. The third kappa shape index (κ3) is 4.56. The SMILES string of the molecule is Cc1ccc(S(=O)(=O)NCCOc2c(C)cc(C)cc2C)cc1. The van der Waals surface area contributed by atoms with Crippen molar-refractivity contribution >= 4 is 10.0 Å². The number of hydrogen-bond donors (Lipinski definition) is 1. The van der Waals surface area contributed by atoms with E-state index in [4.69, 9.17) is 4.74 Å². The van der Waals surface area contributed by atoms with E-state index in [9.17, 15) is 8.42 Å². The first-order chi connectivity index (χ1) is 10.8. The van der Waals surface area contributed by atoms with E-state index in [0.717, 1.165) is 22.4 Å². The first-order valence-electron chi connectivity index (χ1n) is 7.56. The molecule has 0 spiro atoms. The summed E-state index contributed by atoms with van der Waals surface area (Å²) in [4.78, 5) is 0.269. The Hall–Kier alpha value is -1.85. The topological polar surface area (TPSA) is 55.4 Å². The van der Waals surface area contributed by atoms with Gasteiger partial charge in [-0.05, 0) is 51.0 Å². The van der Waals surface area contributed by atoms with Gasteiger partial charge in [-0.15, -0.1) is 0 Å². The highest BCUT2D eigenvalue weighted by Crippen LogP contribution is 2.24. The second-order valence-corrected chi connectivity index (χ2v) is 7.55. The fourth-order valence-corrected chi connectivity index (χ4v) is 3.54. The molecule has 0 bridgehead atoms. The Bertz CT molecular complexity index is 757. The molecular formula is C18H23NO3S. The van der Waals surface area contributed by atoms with E-state index in [-0.39, 0.29) is 18.0 Å².